The molecule has 0 heterocycles. The van der Waals surface area contributed by atoms with Crippen molar-refractivity contribution in [2.45, 2.75) is 78.6 Å². The molecular weight excluding hydrogens is 769 g/mol. The molecule has 3 unspecified atom stereocenters. The van der Waals surface area contributed by atoms with Crippen LogP contribution in [0.3, 0.4) is 0 Å². The first-order valence-corrected chi connectivity index (χ1v) is 38.1. The molecule has 0 radical (unpaired) electrons. The van der Waals surface area contributed by atoms with Gasteiger partial charge in [0.2, 0.25) is 0 Å². The Balaban J connectivity index is 1.88. The summed E-state index contributed by atoms with van der Waals surface area (Å²) < 4.78 is 50.6. The molecule has 0 aromatic heterocycles. The first-order chi connectivity index (χ1) is 23.7. The van der Waals surface area contributed by atoms with E-state index in [1.165, 1.54) is 0 Å². The van der Waals surface area contributed by atoms with Crippen LogP contribution in [0.1, 0.15) is 0 Å². The molecule has 0 aliphatic heterocycles. The van der Waals surface area contributed by atoms with Gasteiger partial charge in [0.05, 0.1) is 0 Å². The second kappa shape index (κ2) is 17.2. The van der Waals surface area contributed by atoms with E-state index >= 15 is 0 Å². The summed E-state index contributed by atoms with van der Waals surface area (Å²) in [5, 5.41) is 4.13. The molecule has 0 spiro atoms. The van der Waals surface area contributed by atoms with Crippen molar-refractivity contribution < 1.29 is 28.8 Å². The van der Waals surface area contributed by atoms with Crippen LogP contribution < -0.4 is 20.7 Å². The van der Waals surface area contributed by atoms with Gasteiger partial charge in [-0.15, -0.1) is 0 Å². The molecule has 0 amide bonds. The standard InChI is InChI=1S/C36H58O7Si8/c1-44(37-46(3,4)5)38-49(12,43-51(42-48(9,10)11,35-29-21-15-22-30-35)36-31-23-16-24-32-36)39-45(2)40-50(41-47(6,7)8,33-25-17-13-18-26-33)34-27-19-14-20-28-34/h13-32,44-45H,1-12H3. The molecule has 51 heavy (non-hydrogen) atoms. The predicted molar refractivity (Wildman–Crippen MR) is 231 cm³/mol. The molecule has 0 fully saturated rings. The molecule has 15 heteroatoms. The lowest BCUT2D eigenvalue weighted by atomic mass is 10.4. The first-order valence-electron chi connectivity index (χ1n) is 17.8. The summed E-state index contributed by atoms with van der Waals surface area (Å²) in [7, 11) is -21.4. The van der Waals surface area contributed by atoms with Crippen molar-refractivity contribution in [2.75, 3.05) is 0 Å². The maximum atomic E-state index is 7.61. The van der Waals surface area contributed by atoms with E-state index in [1.54, 1.807) is 0 Å². The fraction of sp³-hybridized carbons (Fsp3) is 0.333. The van der Waals surface area contributed by atoms with Crippen LogP contribution in [0.5, 0.6) is 0 Å². The van der Waals surface area contributed by atoms with Gasteiger partial charge in [-0.2, -0.15) is 0 Å². The number of rotatable bonds is 18. The Labute approximate surface area is 317 Å². The van der Waals surface area contributed by atoms with E-state index in [2.05, 4.69) is 169 Å². The van der Waals surface area contributed by atoms with Crippen molar-refractivity contribution in [3.05, 3.63) is 121 Å². The minimum Gasteiger partial charge on any atom is -0.439 e. The Bertz CT molecular complexity index is 1560. The van der Waals surface area contributed by atoms with E-state index in [0.29, 0.717) is 0 Å². The van der Waals surface area contributed by atoms with Crippen LogP contribution in [0.15, 0.2) is 121 Å². The third kappa shape index (κ3) is 12.2. The monoisotopic (exact) mass is 826 g/mol. The zero-order valence-corrected chi connectivity index (χ0v) is 40.9. The predicted octanol–water partition coefficient (Wildman–Crippen LogP) is 6.39. The normalized spacial score (nSPS) is 15.6. The summed E-state index contributed by atoms with van der Waals surface area (Å²) in [5.74, 6) is 0. The highest BCUT2D eigenvalue weighted by atomic mass is 28.5. The molecule has 4 aromatic rings. The van der Waals surface area contributed by atoms with Crippen LogP contribution in [-0.2, 0) is 28.8 Å². The second-order valence-electron chi connectivity index (χ2n) is 15.8. The highest BCUT2D eigenvalue weighted by Crippen LogP contribution is 2.27. The van der Waals surface area contributed by atoms with Crippen molar-refractivity contribution in [1.82, 2.24) is 0 Å². The van der Waals surface area contributed by atoms with Crippen LogP contribution >= 0.6 is 0 Å². The Morgan fingerprint density at radius 1 is 0.333 bits per heavy atom. The lowest BCUT2D eigenvalue weighted by Gasteiger charge is -2.44. The van der Waals surface area contributed by atoms with Crippen LogP contribution in [0.25, 0.3) is 0 Å². The van der Waals surface area contributed by atoms with E-state index in [9.17, 15) is 0 Å². The fourth-order valence-corrected chi connectivity index (χ4v) is 37.2. The second-order valence-corrected chi connectivity index (χ2v) is 43.5. The summed E-state index contributed by atoms with van der Waals surface area (Å²) in [6.07, 6.45) is 0. The molecule has 0 saturated carbocycles. The van der Waals surface area contributed by atoms with Crippen molar-refractivity contribution in [2.24, 2.45) is 0 Å². The SMILES string of the molecule is C[SiH](O[Si](C)(C)C)O[Si](C)(O[SiH](C)O[Si](O[Si](C)(C)C)(c1ccccc1)c1ccccc1)O[Si](O[Si](C)(C)C)(c1ccccc1)c1ccccc1. The van der Waals surface area contributed by atoms with E-state index in [1.807, 2.05) is 30.8 Å². The average Bonchev–Trinajstić information content (AvgIpc) is 3.03. The third-order valence-corrected chi connectivity index (χ3v) is 34.6. The maximum absolute atomic E-state index is 7.61. The number of benzene rings is 4. The zero-order chi connectivity index (χ0) is 37.6. The molecule has 7 nitrogen and oxygen atoms in total. The van der Waals surface area contributed by atoms with Gasteiger partial charge < -0.3 is 28.8 Å². The van der Waals surface area contributed by atoms with Gasteiger partial charge in [0.1, 0.15) is 0 Å². The lowest BCUT2D eigenvalue weighted by Crippen LogP contribution is -2.73. The molecule has 0 saturated heterocycles. The Hall–Kier alpha value is -1.66. The van der Waals surface area contributed by atoms with Crippen LogP contribution in [-0.4, -0.2) is 69.4 Å². The first kappa shape index (κ1) is 42.1. The van der Waals surface area contributed by atoms with Crippen molar-refractivity contribution in [3.8, 4) is 0 Å². The van der Waals surface area contributed by atoms with Gasteiger partial charge in [0, 0.05) is 6.55 Å². The molecule has 0 bridgehead atoms. The molecule has 0 aliphatic rings. The molecule has 0 aliphatic carbocycles. The van der Waals surface area contributed by atoms with E-state index in [0.717, 1.165) is 20.7 Å². The van der Waals surface area contributed by atoms with Crippen molar-refractivity contribution in [3.63, 3.8) is 0 Å². The van der Waals surface area contributed by atoms with Crippen molar-refractivity contribution in [1.29, 1.82) is 0 Å². The summed E-state index contributed by atoms with van der Waals surface area (Å²) in [6.45, 7) is 26.0. The van der Waals surface area contributed by atoms with Gasteiger partial charge >= 0.3 is 44.5 Å². The minimum absolute atomic E-state index is 1.01. The Kier molecular flexibility index (Phi) is 14.2. The largest absolute Gasteiger partial charge is 0.470 e. The summed E-state index contributed by atoms with van der Waals surface area (Å²) in [5.41, 5.74) is 0. The van der Waals surface area contributed by atoms with Gasteiger partial charge in [-0.05, 0) is 92.8 Å². The quantitative estimate of drug-likeness (QED) is 0.108. The van der Waals surface area contributed by atoms with E-state index < -0.39 is 69.4 Å². The lowest BCUT2D eigenvalue weighted by molar-refractivity contribution is 0.216. The zero-order valence-electron chi connectivity index (χ0n) is 32.6. The molecule has 4 aromatic carbocycles. The number of hydrogen-bond donors (Lipinski definition) is 0. The Morgan fingerprint density at radius 3 is 0.941 bits per heavy atom. The topological polar surface area (TPSA) is 64.6 Å². The van der Waals surface area contributed by atoms with Crippen LogP contribution in [0, 0.1) is 0 Å². The molecule has 276 valence electrons. The van der Waals surface area contributed by atoms with Crippen molar-refractivity contribution >= 4 is 90.2 Å². The smallest absolute Gasteiger partial charge is 0.439 e. The highest BCUT2D eigenvalue weighted by molar-refractivity contribution is 7.03. The van der Waals surface area contributed by atoms with Crippen LogP contribution in [0.4, 0.5) is 0 Å². The minimum atomic E-state index is -3.60. The van der Waals surface area contributed by atoms with Gasteiger partial charge in [0.15, 0.2) is 25.0 Å². The average molecular weight is 828 g/mol. The molecular formula is C36H58O7Si8. The van der Waals surface area contributed by atoms with Gasteiger partial charge in [-0.3, -0.25) is 0 Å². The summed E-state index contributed by atoms with van der Waals surface area (Å²) >= 11 is 0. The highest BCUT2D eigenvalue weighted by Gasteiger charge is 2.56. The fourth-order valence-electron chi connectivity index (χ4n) is 6.08. The third-order valence-electron chi connectivity index (χ3n) is 7.46. The number of hydrogen-bond acceptors (Lipinski definition) is 7. The van der Waals surface area contributed by atoms with E-state index in [4.69, 9.17) is 28.8 Å². The van der Waals surface area contributed by atoms with Crippen LogP contribution in [0.2, 0.25) is 78.6 Å². The molecule has 0 N–H and O–H groups in total. The van der Waals surface area contributed by atoms with Gasteiger partial charge in [-0.25, -0.2) is 0 Å². The van der Waals surface area contributed by atoms with E-state index in [-0.39, 0.29) is 0 Å². The summed E-state index contributed by atoms with van der Waals surface area (Å²) in [6, 6.07) is 41.6. The Morgan fingerprint density at radius 2 is 0.627 bits per heavy atom. The van der Waals surface area contributed by atoms with Gasteiger partial charge in [-0.1, -0.05) is 121 Å². The molecule has 3 atom stereocenters. The van der Waals surface area contributed by atoms with Gasteiger partial charge in [0.25, 0.3) is 0 Å². The molecule has 4 rings (SSSR count). The maximum Gasteiger partial charge on any atom is 0.470 e. The summed E-state index contributed by atoms with van der Waals surface area (Å²) in [4.78, 5) is 0.